The quantitative estimate of drug-likeness (QED) is 0.710. The van der Waals surface area contributed by atoms with E-state index in [1.165, 1.54) is 0 Å². The topological polar surface area (TPSA) is 38.7 Å². The molecule has 92 valence electrons. The van der Waals surface area contributed by atoms with E-state index >= 15 is 0 Å². The molecule has 0 aromatic carbocycles. The third-order valence-corrected chi connectivity index (χ3v) is 4.77. The molecule has 16 heavy (non-hydrogen) atoms. The van der Waals surface area contributed by atoms with Crippen molar-refractivity contribution < 1.29 is 8.95 Å². The molecule has 1 heterocycles. The fourth-order valence-corrected chi connectivity index (χ4v) is 3.13. The van der Waals surface area contributed by atoms with Gasteiger partial charge >= 0.3 is 0 Å². The Hall–Kier alpha value is -0.220. The summed E-state index contributed by atoms with van der Waals surface area (Å²) in [5.41, 5.74) is 0.916. The third kappa shape index (κ3) is 2.23. The Morgan fingerprint density at radius 1 is 1.31 bits per heavy atom. The van der Waals surface area contributed by atoms with E-state index in [0.717, 1.165) is 44.4 Å². The van der Waals surface area contributed by atoms with Gasteiger partial charge in [-0.05, 0) is 52.9 Å². The Labute approximate surface area is 100 Å². The SMILES string of the molecule is CC(C)(C)S(=O)N=C1CCCC12CCCO2. The lowest BCUT2D eigenvalue weighted by molar-refractivity contribution is 0.0633. The molecule has 2 unspecified atom stereocenters. The van der Waals surface area contributed by atoms with Crippen LogP contribution in [0.1, 0.15) is 52.9 Å². The highest BCUT2D eigenvalue weighted by molar-refractivity contribution is 7.85. The van der Waals surface area contributed by atoms with E-state index in [2.05, 4.69) is 4.40 Å². The summed E-state index contributed by atoms with van der Waals surface area (Å²) >= 11 is 0. The van der Waals surface area contributed by atoms with Crippen molar-refractivity contribution in [2.45, 2.75) is 63.2 Å². The van der Waals surface area contributed by atoms with E-state index in [1.807, 2.05) is 20.8 Å². The van der Waals surface area contributed by atoms with Crippen molar-refractivity contribution in [3.05, 3.63) is 0 Å². The molecule has 2 rings (SSSR count). The van der Waals surface area contributed by atoms with Crippen molar-refractivity contribution in [3.8, 4) is 0 Å². The normalized spacial score (nSPS) is 35.1. The molecule has 1 spiro atoms. The Bertz CT molecular complexity index is 319. The fourth-order valence-electron chi connectivity index (χ4n) is 2.40. The summed E-state index contributed by atoms with van der Waals surface area (Å²) in [6, 6.07) is 0. The van der Waals surface area contributed by atoms with Gasteiger partial charge in [-0.3, -0.25) is 0 Å². The second-order valence-electron chi connectivity index (χ2n) is 5.70. The third-order valence-electron chi connectivity index (χ3n) is 3.34. The maximum atomic E-state index is 12.0. The van der Waals surface area contributed by atoms with Crippen molar-refractivity contribution in [2.24, 2.45) is 4.40 Å². The van der Waals surface area contributed by atoms with Crippen LogP contribution >= 0.6 is 0 Å². The zero-order valence-corrected chi connectivity index (χ0v) is 11.2. The predicted molar refractivity (Wildman–Crippen MR) is 67.1 cm³/mol. The zero-order chi connectivity index (χ0) is 11.8. The standard InChI is InChI=1S/C12H21NO2S/c1-11(2,3)16(14)13-10-6-4-7-12(10)8-5-9-15-12/h4-9H2,1-3H3. The van der Waals surface area contributed by atoms with Crippen LogP contribution in [0.3, 0.4) is 0 Å². The molecule has 2 aliphatic rings. The number of hydrogen-bond acceptors (Lipinski definition) is 2. The van der Waals surface area contributed by atoms with Gasteiger partial charge < -0.3 is 4.74 Å². The van der Waals surface area contributed by atoms with Crippen LogP contribution in [0.25, 0.3) is 0 Å². The lowest BCUT2D eigenvalue weighted by atomic mass is 9.97. The average Bonchev–Trinajstić information content (AvgIpc) is 2.78. The first-order chi connectivity index (χ1) is 7.44. The van der Waals surface area contributed by atoms with Gasteiger partial charge in [0, 0.05) is 6.61 Å². The van der Waals surface area contributed by atoms with Crippen LogP contribution < -0.4 is 0 Å². The Morgan fingerprint density at radius 2 is 2.00 bits per heavy atom. The number of nitrogens with zero attached hydrogens (tertiary/aromatic N) is 1. The summed E-state index contributed by atoms with van der Waals surface area (Å²) < 4.78 is 22.1. The van der Waals surface area contributed by atoms with Gasteiger partial charge in [-0.2, -0.15) is 4.40 Å². The molecule has 1 saturated heterocycles. The maximum Gasteiger partial charge on any atom is 0.144 e. The summed E-state index contributed by atoms with van der Waals surface area (Å²) in [7, 11) is -1.14. The van der Waals surface area contributed by atoms with Crippen molar-refractivity contribution in [1.82, 2.24) is 0 Å². The molecule has 0 amide bonds. The monoisotopic (exact) mass is 243 g/mol. The molecule has 0 aromatic rings. The van der Waals surface area contributed by atoms with Gasteiger partial charge in [0.15, 0.2) is 0 Å². The highest BCUT2D eigenvalue weighted by atomic mass is 32.2. The first-order valence-electron chi connectivity index (χ1n) is 6.08. The minimum Gasteiger partial charge on any atom is -0.369 e. The predicted octanol–water partition coefficient (Wildman–Crippen LogP) is 2.62. The van der Waals surface area contributed by atoms with Crippen LogP contribution in [0.4, 0.5) is 0 Å². The molecule has 3 nitrogen and oxygen atoms in total. The zero-order valence-electron chi connectivity index (χ0n) is 10.4. The Balaban J connectivity index is 2.20. The van der Waals surface area contributed by atoms with E-state index < -0.39 is 11.0 Å². The molecule has 0 aromatic heterocycles. The molecular formula is C12H21NO2S. The van der Waals surface area contributed by atoms with Gasteiger partial charge in [0.2, 0.25) is 0 Å². The second kappa shape index (κ2) is 4.22. The van der Waals surface area contributed by atoms with Gasteiger partial charge in [-0.25, -0.2) is 4.21 Å². The Morgan fingerprint density at radius 3 is 2.56 bits per heavy atom. The fraction of sp³-hybridized carbons (Fsp3) is 0.917. The van der Waals surface area contributed by atoms with Crippen molar-refractivity contribution in [3.63, 3.8) is 0 Å². The van der Waals surface area contributed by atoms with E-state index in [9.17, 15) is 4.21 Å². The minimum atomic E-state index is -1.14. The summed E-state index contributed by atoms with van der Waals surface area (Å²) in [6.07, 6.45) is 5.32. The molecule has 0 N–H and O–H groups in total. The molecule has 1 aliphatic carbocycles. The maximum absolute atomic E-state index is 12.0. The number of hydrogen-bond donors (Lipinski definition) is 0. The van der Waals surface area contributed by atoms with Gasteiger partial charge in [-0.15, -0.1) is 0 Å². The first kappa shape index (κ1) is 12.2. The molecule has 1 saturated carbocycles. The van der Waals surface area contributed by atoms with Crippen LogP contribution in [0.5, 0.6) is 0 Å². The highest BCUT2D eigenvalue weighted by Crippen LogP contribution is 2.39. The van der Waals surface area contributed by atoms with Gasteiger partial charge in [0.1, 0.15) is 16.6 Å². The van der Waals surface area contributed by atoms with Crippen LogP contribution in [-0.4, -0.2) is 26.9 Å². The smallest absolute Gasteiger partial charge is 0.144 e. The molecule has 4 heteroatoms. The average molecular weight is 243 g/mol. The van der Waals surface area contributed by atoms with Crippen LogP contribution in [0.2, 0.25) is 0 Å². The molecule has 0 bridgehead atoms. The van der Waals surface area contributed by atoms with Crippen LogP contribution in [0.15, 0.2) is 4.40 Å². The second-order valence-corrected chi connectivity index (χ2v) is 7.60. The lowest BCUT2D eigenvalue weighted by Gasteiger charge is -2.24. The largest absolute Gasteiger partial charge is 0.369 e. The Kier molecular flexibility index (Phi) is 3.23. The summed E-state index contributed by atoms with van der Waals surface area (Å²) in [4.78, 5) is 0. The van der Waals surface area contributed by atoms with Gasteiger partial charge in [0.05, 0.1) is 10.5 Å². The van der Waals surface area contributed by atoms with E-state index in [4.69, 9.17) is 4.74 Å². The minimum absolute atomic E-state index is 0.138. The first-order valence-corrected chi connectivity index (χ1v) is 7.19. The van der Waals surface area contributed by atoms with Gasteiger partial charge in [-0.1, -0.05) is 0 Å². The van der Waals surface area contributed by atoms with Crippen molar-refractivity contribution in [1.29, 1.82) is 0 Å². The lowest BCUT2D eigenvalue weighted by Crippen LogP contribution is -2.34. The van der Waals surface area contributed by atoms with Crippen molar-refractivity contribution in [2.75, 3.05) is 6.61 Å². The molecular weight excluding hydrogens is 222 g/mol. The highest BCUT2D eigenvalue weighted by Gasteiger charge is 2.44. The molecule has 2 fully saturated rings. The molecule has 1 aliphatic heterocycles. The summed E-state index contributed by atoms with van der Waals surface area (Å²) in [6.45, 7) is 6.72. The van der Waals surface area contributed by atoms with E-state index in [0.29, 0.717) is 0 Å². The van der Waals surface area contributed by atoms with E-state index in [-0.39, 0.29) is 10.3 Å². The van der Waals surface area contributed by atoms with Crippen LogP contribution in [0, 0.1) is 0 Å². The molecule has 2 atom stereocenters. The molecule has 0 radical (unpaired) electrons. The van der Waals surface area contributed by atoms with Crippen molar-refractivity contribution >= 4 is 16.7 Å². The van der Waals surface area contributed by atoms with Gasteiger partial charge in [0.25, 0.3) is 0 Å². The summed E-state index contributed by atoms with van der Waals surface area (Å²) in [5.74, 6) is 0. The number of rotatable bonds is 1. The van der Waals surface area contributed by atoms with Crippen LogP contribution in [-0.2, 0) is 15.7 Å². The number of ether oxygens (including phenoxy) is 1. The summed E-state index contributed by atoms with van der Waals surface area (Å²) in [5, 5.41) is 0. The van der Waals surface area contributed by atoms with E-state index in [1.54, 1.807) is 0 Å².